The predicted molar refractivity (Wildman–Crippen MR) is 273 cm³/mol. The molecule has 7 heteroatoms. The molecule has 5 aliphatic rings. The highest BCUT2D eigenvalue weighted by atomic mass is 16.6. The number of carbonyl (C=O) groups is 2. The first-order valence-corrected chi connectivity index (χ1v) is 28.3. The molecule has 1 unspecified atom stereocenters. The van der Waals surface area contributed by atoms with E-state index in [4.69, 9.17) is 18.9 Å². The van der Waals surface area contributed by atoms with E-state index >= 15 is 0 Å². The van der Waals surface area contributed by atoms with Crippen molar-refractivity contribution >= 4 is 11.9 Å². The van der Waals surface area contributed by atoms with E-state index in [9.17, 15) is 9.59 Å². The summed E-state index contributed by atoms with van der Waals surface area (Å²) in [4.78, 5) is 28.2. The third-order valence-corrected chi connectivity index (χ3v) is 17.5. The lowest BCUT2D eigenvalue weighted by atomic mass is 9.47. The molecule has 66 heavy (non-hydrogen) atoms. The Morgan fingerprint density at radius 2 is 1.48 bits per heavy atom. The van der Waals surface area contributed by atoms with Crippen molar-refractivity contribution in [2.45, 2.75) is 234 Å². The van der Waals surface area contributed by atoms with Crippen LogP contribution < -0.4 is 0 Å². The number of fused-ring (bicyclic) bond motifs is 5. The Hall–Kier alpha value is -1.96. The summed E-state index contributed by atoms with van der Waals surface area (Å²) in [6, 6.07) is 0. The normalized spacial score (nSPS) is 28.8. The Bertz CT molecular complexity index is 1470. The molecule has 1 saturated heterocycles. The van der Waals surface area contributed by atoms with Gasteiger partial charge in [0.1, 0.15) is 12.7 Å². The van der Waals surface area contributed by atoms with E-state index in [-0.39, 0.29) is 49.0 Å². The number of unbranched alkanes of at least 4 members (excludes halogenated alkanes) is 9. The minimum absolute atomic E-state index is 0.0434. The van der Waals surface area contributed by atoms with Gasteiger partial charge in [-0.3, -0.25) is 9.59 Å². The van der Waals surface area contributed by atoms with E-state index in [1.165, 1.54) is 140 Å². The summed E-state index contributed by atoms with van der Waals surface area (Å²) >= 11 is 0. The number of hydrogen-bond acceptors (Lipinski definition) is 7. The van der Waals surface area contributed by atoms with Gasteiger partial charge in [-0.1, -0.05) is 142 Å². The molecular formula is C59H101NO6. The maximum Gasteiger partial charge on any atom is 0.306 e. The number of piperidine rings is 1. The first-order chi connectivity index (χ1) is 32.0. The van der Waals surface area contributed by atoms with Crippen LogP contribution in [0.25, 0.3) is 0 Å². The number of hydrogen-bond donors (Lipinski definition) is 0. The molecule has 4 fully saturated rings. The van der Waals surface area contributed by atoms with E-state index in [1.807, 2.05) is 0 Å². The van der Waals surface area contributed by atoms with Gasteiger partial charge in [-0.25, -0.2) is 0 Å². The maximum atomic E-state index is 13.0. The number of esters is 2. The fourth-order valence-electron chi connectivity index (χ4n) is 13.6. The van der Waals surface area contributed by atoms with Crippen molar-refractivity contribution < 1.29 is 28.5 Å². The molecule has 0 aromatic rings. The third-order valence-electron chi connectivity index (χ3n) is 17.5. The SMILES string of the molecule is CCCCC/C=C\C/C=C\CCCCCCCCOCC(CN1CCCCC1)OCCOC(=O)CCC(=O)O[C@H]1CC[C@@]2(C)C(=CC[C@H]3[C@@H]4CC[C@H]([C@H](C)CCCC(C)C)[C@@]4(C)CC[C@@H]32)C1. The molecule has 5 rings (SSSR count). The lowest BCUT2D eigenvalue weighted by molar-refractivity contribution is -0.156. The van der Waals surface area contributed by atoms with Crippen LogP contribution in [-0.2, 0) is 28.5 Å². The number of allylic oxidation sites excluding steroid dienone is 5. The van der Waals surface area contributed by atoms with Crippen LogP contribution >= 0.6 is 0 Å². The van der Waals surface area contributed by atoms with Crippen LogP contribution in [0.1, 0.15) is 221 Å². The van der Waals surface area contributed by atoms with E-state index in [1.54, 1.807) is 0 Å². The molecule has 0 aromatic carbocycles. The second kappa shape index (κ2) is 29.9. The Labute approximate surface area is 405 Å². The summed E-state index contributed by atoms with van der Waals surface area (Å²) in [7, 11) is 0. The lowest BCUT2D eigenvalue weighted by Crippen LogP contribution is -2.51. The van der Waals surface area contributed by atoms with Gasteiger partial charge in [0.15, 0.2) is 0 Å². The van der Waals surface area contributed by atoms with Crippen molar-refractivity contribution in [1.82, 2.24) is 4.90 Å². The minimum atomic E-state index is -0.363. The quantitative estimate of drug-likeness (QED) is 0.0378. The van der Waals surface area contributed by atoms with Gasteiger partial charge in [-0.15, -0.1) is 0 Å². The fraction of sp³-hybridized carbons (Fsp3) is 0.864. The second-order valence-electron chi connectivity index (χ2n) is 22.9. The Morgan fingerprint density at radius 1 is 0.758 bits per heavy atom. The number of ether oxygens (including phenoxy) is 4. The highest BCUT2D eigenvalue weighted by molar-refractivity contribution is 5.77. The summed E-state index contributed by atoms with van der Waals surface area (Å²) in [5.41, 5.74) is 2.25. The first-order valence-electron chi connectivity index (χ1n) is 28.3. The van der Waals surface area contributed by atoms with Crippen molar-refractivity contribution in [3.8, 4) is 0 Å². The van der Waals surface area contributed by atoms with Crippen molar-refractivity contribution in [3.05, 3.63) is 36.0 Å². The maximum absolute atomic E-state index is 13.0. The van der Waals surface area contributed by atoms with Crippen molar-refractivity contribution in [2.75, 3.05) is 46.1 Å². The van der Waals surface area contributed by atoms with E-state index in [0.717, 1.165) is 93.9 Å². The summed E-state index contributed by atoms with van der Waals surface area (Å²) in [5, 5.41) is 0. The first kappa shape index (κ1) is 55.0. The molecule has 0 N–H and O–H groups in total. The standard InChI is InChI=1S/C59H101NO6/c1-7-8-9-10-11-12-13-14-15-16-17-18-19-20-21-25-41-63-46-51(45-60-39-23-22-24-40-60)64-42-43-65-56(61)33-34-57(62)66-50-35-37-58(5)49(44-50)29-30-52-54-32-31-53(48(4)28-26-27-47(2)3)59(54,6)38-36-55(52)58/h11-12,14-15,29,47-48,50-55H,7-10,13,16-28,30-46H2,1-6H3/b12-11-,15-14-/t48-,50+,51?,52+,53-,54+,55+,58+,59-/m1/s1. The smallest absolute Gasteiger partial charge is 0.306 e. The molecule has 9 atom stereocenters. The summed E-state index contributed by atoms with van der Waals surface area (Å²) in [6.45, 7) is 19.7. The van der Waals surface area contributed by atoms with E-state index < -0.39 is 0 Å². The number of carbonyl (C=O) groups excluding carboxylic acids is 2. The largest absolute Gasteiger partial charge is 0.463 e. The molecule has 4 aliphatic carbocycles. The Kier molecular flexibility index (Phi) is 24.9. The molecule has 0 bridgehead atoms. The Balaban J connectivity index is 0.923. The van der Waals surface area contributed by atoms with Gasteiger partial charge in [0, 0.05) is 19.6 Å². The van der Waals surface area contributed by atoms with Crippen LogP contribution in [0.2, 0.25) is 0 Å². The number of rotatable bonds is 32. The number of likely N-dealkylation sites (tertiary alicyclic amines) is 1. The van der Waals surface area contributed by atoms with Gasteiger partial charge >= 0.3 is 11.9 Å². The summed E-state index contributed by atoms with van der Waals surface area (Å²) in [6.07, 6.45) is 44.3. The van der Waals surface area contributed by atoms with Gasteiger partial charge in [-0.2, -0.15) is 0 Å². The topological polar surface area (TPSA) is 74.3 Å². The molecule has 3 saturated carbocycles. The van der Waals surface area contributed by atoms with Crippen LogP contribution in [0.4, 0.5) is 0 Å². The highest BCUT2D eigenvalue weighted by Gasteiger charge is 2.59. The van der Waals surface area contributed by atoms with Crippen molar-refractivity contribution in [2.24, 2.45) is 46.3 Å². The average Bonchev–Trinajstić information content (AvgIpc) is 3.67. The van der Waals surface area contributed by atoms with Crippen LogP contribution in [-0.4, -0.2) is 75.1 Å². The van der Waals surface area contributed by atoms with Crippen molar-refractivity contribution in [3.63, 3.8) is 0 Å². The molecule has 0 radical (unpaired) electrons. The van der Waals surface area contributed by atoms with Gasteiger partial charge in [-0.05, 0) is 156 Å². The van der Waals surface area contributed by atoms with Gasteiger partial charge in [0.2, 0.25) is 0 Å². The predicted octanol–water partition coefficient (Wildman–Crippen LogP) is 15.0. The molecule has 0 spiro atoms. The zero-order chi connectivity index (χ0) is 47.0. The van der Waals surface area contributed by atoms with Crippen molar-refractivity contribution in [1.29, 1.82) is 0 Å². The minimum Gasteiger partial charge on any atom is -0.463 e. The Morgan fingerprint density at radius 3 is 2.24 bits per heavy atom. The van der Waals surface area contributed by atoms with Gasteiger partial charge in [0.05, 0.1) is 32.2 Å². The summed E-state index contributed by atoms with van der Waals surface area (Å²) < 4.78 is 24.0. The van der Waals surface area contributed by atoms with E-state index in [2.05, 4.69) is 76.8 Å². The highest BCUT2D eigenvalue weighted by Crippen LogP contribution is 2.67. The van der Waals surface area contributed by atoms with Crippen LogP contribution in [0, 0.1) is 46.3 Å². The number of nitrogens with zero attached hydrogens (tertiary/aromatic N) is 1. The molecule has 1 aliphatic heterocycles. The molecular weight excluding hydrogens is 819 g/mol. The molecule has 0 aromatic heterocycles. The molecule has 378 valence electrons. The van der Waals surface area contributed by atoms with Crippen LogP contribution in [0.15, 0.2) is 36.0 Å². The van der Waals surface area contributed by atoms with Crippen LogP contribution in [0.3, 0.4) is 0 Å². The fourth-order valence-corrected chi connectivity index (χ4v) is 13.6. The average molecular weight is 920 g/mol. The van der Waals surface area contributed by atoms with Crippen LogP contribution in [0.5, 0.6) is 0 Å². The second-order valence-corrected chi connectivity index (χ2v) is 22.9. The van der Waals surface area contributed by atoms with E-state index in [0.29, 0.717) is 18.6 Å². The molecule has 0 amide bonds. The van der Waals surface area contributed by atoms with Gasteiger partial charge < -0.3 is 23.8 Å². The monoisotopic (exact) mass is 920 g/mol. The third kappa shape index (κ3) is 17.8. The zero-order valence-corrected chi connectivity index (χ0v) is 43.7. The zero-order valence-electron chi connectivity index (χ0n) is 43.7. The lowest BCUT2D eigenvalue weighted by Gasteiger charge is -2.58. The molecule has 1 heterocycles. The van der Waals surface area contributed by atoms with Gasteiger partial charge in [0.25, 0.3) is 0 Å². The summed E-state index contributed by atoms with van der Waals surface area (Å²) in [5.74, 6) is 4.27. The molecule has 7 nitrogen and oxygen atoms in total.